The third kappa shape index (κ3) is 4.22. The van der Waals surface area contributed by atoms with Crippen LogP contribution in [-0.4, -0.2) is 32.2 Å². The first-order valence-corrected chi connectivity index (χ1v) is 9.75. The van der Waals surface area contributed by atoms with Gasteiger partial charge in [-0.25, -0.2) is 4.98 Å². The fourth-order valence-corrected chi connectivity index (χ4v) is 3.46. The molecule has 0 fully saturated rings. The van der Waals surface area contributed by atoms with Gasteiger partial charge in [-0.05, 0) is 30.0 Å². The maximum absolute atomic E-state index is 12.0. The monoisotopic (exact) mass is 381 g/mol. The normalized spacial score (nSPS) is 11.1. The van der Waals surface area contributed by atoms with Gasteiger partial charge in [0.25, 0.3) is 0 Å². The van der Waals surface area contributed by atoms with Crippen LogP contribution in [0.3, 0.4) is 0 Å². The van der Waals surface area contributed by atoms with Crippen molar-refractivity contribution in [3.05, 3.63) is 53.3 Å². The number of para-hydroxylation sites is 2. The SMILES string of the molecule is O=C(CCc1nnc(-c2ccsc2)o1)NCCCn1cnc2ccccc21. The van der Waals surface area contributed by atoms with Crippen LogP contribution in [0.5, 0.6) is 0 Å². The number of benzene rings is 1. The second-order valence-electron chi connectivity index (χ2n) is 6.14. The summed E-state index contributed by atoms with van der Waals surface area (Å²) < 4.78 is 7.69. The Labute approximate surface area is 160 Å². The van der Waals surface area contributed by atoms with E-state index in [1.807, 2.05) is 41.4 Å². The highest BCUT2D eigenvalue weighted by atomic mass is 32.1. The molecule has 4 rings (SSSR count). The highest BCUT2D eigenvalue weighted by molar-refractivity contribution is 7.08. The van der Waals surface area contributed by atoms with Crippen LogP contribution >= 0.6 is 11.3 Å². The standard InChI is InChI=1S/C19H19N5O2S/c25-17(6-7-18-22-23-19(26-18)14-8-11-27-12-14)20-9-3-10-24-13-21-15-4-1-2-5-16(15)24/h1-2,4-5,8,11-13H,3,6-7,9-10H2,(H,20,25). The highest BCUT2D eigenvalue weighted by Crippen LogP contribution is 2.20. The minimum Gasteiger partial charge on any atom is -0.421 e. The minimum atomic E-state index is -0.0132. The van der Waals surface area contributed by atoms with Crippen LogP contribution in [0, 0.1) is 0 Å². The summed E-state index contributed by atoms with van der Waals surface area (Å²) in [4.78, 5) is 16.4. The molecule has 7 nitrogen and oxygen atoms in total. The summed E-state index contributed by atoms with van der Waals surface area (Å²) in [5.41, 5.74) is 3.01. The molecule has 27 heavy (non-hydrogen) atoms. The van der Waals surface area contributed by atoms with Crippen LogP contribution in [0.1, 0.15) is 18.7 Å². The first kappa shape index (κ1) is 17.4. The van der Waals surface area contributed by atoms with E-state index in [1.54, 1.807) is 11.3 Å². The van der Waals surface area contributed by atoms with Crippen LogP contribution in [0.25, 0.3) is 22.5 Å². The molecule has 3 heterocycles. The van der Waals surface area contributed by atoms with E-state index < -0.39 is 0 Å². The molecule has 1 amide bonds. The Hall–Kier alpha value is -3.00. The van der Waals surface area contributed by atoms with Gasteiger partial charge in [-0.3, -0.25) is 4.79 Å². The molecule has 0 aliphatic heterocycles. The molecular weight excluding hydrogens is 362 g/mol. The van der Waals surface area contributed by atoms with E-state index in [0.29, 0.717) is 31.2 Å². The Morgan fingerprint density at radius 3 is 3.04 bits per heavy atom. The second kappa shape index (κ2) is 8.13. The molecule has 138 valence electrons. The van der Waals surface area contributed by atoms with Gasteiger partial charge in [0.15, 0.2) is 0 Å². The number of thiophene rings is 1. The zero-order valence-electron chi connectivity index (χ0n) is 14.7. The summed E-state index contributed by atoms with van der Waals surface area (Å²) in [5.74, 6) is 0.969. The lowest BCUT2D eigenvalue weighted by Crippen LogP contribution is -2.25. The van der Waals surface area contributed by atoms with Gasteiger partial charge >= 0.3 is 0 Å². The van der Waals surface area contributed by atoms with E-state index in [9.17, 15) is 4.79 Å². The Kier molecular flexibility index (Phi) is 5.24. The van der Waals surface area contributed by atoms with Crippen molar-refractivity contribution < 1.29 is 9.21 Å². The number of fused-ring (bicyclic) bond motifs is 1. The van der Waals surface area contributed by atoms with Gasteiger partial charge in [-0.1, -0.05) is 12.1 Å². The van der Waals surface area contributed by atoms with Crippen molar-refractivity contribution in [2.45, 2.75) is 25.8 Å². The Morgan fingerprint density at radius 2 is 2.15 bits per heavy atom. The van der Waals surface area contributed by atoms with Crippen molar-refractivity contribution >= 4 is 28.3 Å². The van der Waals surface area contributed by atoms with Crippen molar-refractivity contribution in [2.24, 2.45) is 0 Å². The lowest BCUT2D eigenvalue weighted by Gasteiger charge is -2.06. The molecule has 0 saturated heterocycles. The number of amides is 1. The van der Waals surface area contributed by atoms with Gasteiger partial charge in [-0.2, -0.15) is 11.3 Å². The van der Waals surface area contributed by atoms with Crippen molar-refractivity contribution in [2.75, 3.05) is 6.54 Å². The lowest BCUT2D eigenvalue weighted by atomic mass is 10.3. The predicted octanol–water partition coefficient (Wildman–Crippen LogP) is 3.29. The van der Waals surface area contributed by atoms with Crippen LogP contribution in [-0.2, 0) is 17.8 Å². The summed E-state index contributed by atoms with van der Waals surface area (Å²) in [7, 11) is 0. The molecule has 0 bridgehead atoms. The largest absolute Gasteiger partial charge is 0.421 e. The van der Waals surface area contributed by atoms with E-state index in [0.717, 1.165) is 29.6 Å². The van der Waals surface area contributed by atoms with E-state index in [1.165, 1.54) is 0 Å². The smallest absolute Gasteiger partial charge is 0.248 e. The third-order valence-electron chi connectivity index (χ3n) is 4.23. The number of imidazole rings is 1. The van der Waals surface area contributed by atoms with Gasteiger partial charge in [0, 0.05) is 36.9 Å². The average molecular weight is 381 g/mol. The predicted molar refractivity (Wildman–Crippen MR) is 103 cm³/mol. The Bertz CT molecular complexity index is 1020. The number of nitrogens with zero attached hydrogens (tertiary/aromatic N) is 4. The topological polar surface area (TPSA) is 85.8 Å². The van der Waals surface area contributed by atoms with Gasteiger partial charge in [-0.15, -0.1) is 10.2 Å². The summed E-state index contributed by atoms with van der Waals surface area (Å²) in [6.07, 6.45) is 3.45. The quantitative estimate of drug-likeness (QED) is 0.473. The van der Waals surface area contributed by atoms with Crippen molar-refractivity contribution in [3.8, 4) is 11.5 Å². The molecule has 3 aromatic heterocycles. The number of aryl methyl sites for hydroxylation is 2. The third-order valence-corrected chi connectivity index (χ3v) is 4.91. The Morgan fingerprint density at radius 1 is 1.22 bits per heavy atom. The van der Waals surface area contributed by atoms with Gasteiger partial charge < -0.3 is 14.3 Å². The number of hydrogen-bond acceptors (Lipinski definition) is 6. The van der Waals surface area contributed by atoms with Crippen LogP contribution in [0.15, 0.2) is 51.8 Å². The van der Waals surface area contributed by atoms with Gasteiger partial charge in [0.05, 0.1) is 17.4 Å². The highest BCUT2D eigenvalue weighted by Gasteiger charge is 2.10. The fourth-order valence-electron chi connectivity index (χ4n) is 2.83. The number of carbonyl (C=O) groups is 1. The number of carbonyl (C=O) groups excluding carboxylic acids is 1. The molecule has 4 aromatic rings. The van der Waals surface area contributed by atoms with Crippen LogP contribution in [0.4, 0.5) is 0 Å². The fraction of sp³-hybridized carbons (Fsp3) is 0.263. The lowest BCUT2D eigenvalue weighted by molar-refractivity contribution is -0.121. The number of rotatable bonds is 8. The van der Waals surface area contributed by atoms with Crippen molar-refractivity contribution in [1.29, 1.82) is 0 Å². The zero-order chi connectivity index (χ0) is 18.5. The first-order chi connectivity index (χ1) is 13.3. The van der Waals surface area contributed by atoms with Gasteiger partial charge in [0.2, 0.25) is 17.7 Å². The molecular formula is C19H19N5O2S. The van der Waals surface area contributed by atoms with E-state index in [4.69, 9.17) is 4.42 Å². The summed E-state index contributed by atoms with van der Waals surface area (Å²) in [5, 5.41) is 14.9. The molecule has 1 N–H and O–H groups in total. The molecule has 0 unspecified atom stereocenters. The van der Waals surface area contributed by atoms with Crippen LogP contribution in [0.2, 0.25) is 0 Å². The van der Waals surface area contributed by atoms with Crippen molar-refractivity contribution in [1.82, 2.24) is 25.1 Å². The summed E-state index contributed by atoms with van der Waals surface area (Å²) >= 11 is 1.58. The molecule has 0 aliphatic rings. The molecule has 0 aliphatic carbocycles. The zero-order valence-corrected chi connectivity index (χ0v) is 15.5. The Balaban J connectivity index is 1.19. The molecule has 0 atom stereocenters. The maximum atomic E-state index is 12.0. The number of hydrogen-bond donors (Lipinski definition) is 1. The molecule has 0 spiro atoms. The number of aromatic nitrogens is 4. The van der Waals surface area contributed by atoms with Crippen molar-refractivity contribution in [3.63, 3.8) is 0 Å². The average Bonchev–Trinajstić information content (AvgIpc) is 3.44. The van der Waals surface area contributed by atoms with E-state index in [2.05, 4.69) is 31.1 Å². The maximum Gasteiger partial charge on any atom is 0.248 e. The van der Waals surface area contributed by atoms with Gasteiger partial charge in [0.1, 0.15) is 0 Å². The summed E-state index contributed by atoms with van der Waals surface area (Å²) in [6, 6.07) is 9.96. The minimum absolute atomic E-state index is 0.0132. The first-order valence-electron chi connectivity index (χ1n) is 8.81. The van der Waals surface area contributed by atoms with E-state index >= 15 is 0 Å². The molecule has 0 saturated carbocycles. The second-order valence-corrected chi connectivity index (χ2v) is 6.92. The summed E-state index contributed by atoms with van der Waals surface area (Å²) in [6.45, 7) is 1.43. The molecule has 8 heteroatoms. The number of nitrogens with one attached hydrogen (secondary N) is 1. The molecule has 0 radical (unpaired) electrons. The van der Waals surface area contributed by atoms with E-state index in [-0.39, 0.29) is 5.91 Å². The van der Waals surface area contributed by atoms with Crippen LogP contribution < -0.4 is 5.32 Å². The molecule has 1 aromatic carbocycles.